The molecule has 2 aromatic rings. The molecule has 0 amide bonds. The van der Waals surface area contributed by atoms with Crippen LogP contribution in [0.1, 0.15) is 63.0 Å². The van der Waals surface area contributed by atoms with Crippen LogP contribution in [0.5, 0.6) is 0 Å². The fourth-order valence-corrected chi connectivity index (χ4v) is 3.90. The first-order chi connectivity index (χ1) is 12.1. The van der Waals surface area contributed by atoms with Gasteiger partial charge in [-0.15, -0.1) is 0 Å². The second-order valence-corrected chi connectivity index (χ2v) is 7.32. The topological polar surface area (TPSA) is 23.8 Å². The fourth-order valence-electron chi connectivity index (χ4n) is 3.90. The molecule has 0 bridgehead atoms. The summed E-state index contributed by atoms with van der Waals surface area (Å²) in [6.45, 7) is 2.22. The van der Waals surface area contributed by atoms with Gasteiger partial charge in [0.05, 0.1) is 11.6 Å². The molecule has 0 aromatic heterocycles. The molecule has 130 valence electrons. The standard InChI is InChI=1S/C23H26FN/c1-2-3-4-18-13-15-23(24,16-14-18)22-11-9-21(10-12-22)20-7-5-19(17-25)6-8-20/h5-12,18H,2-4,13-16H2,1H3. The van der Waals surface area contributed by atoms with Crippen LogP contribution in [0.2, 0.25) is 0 Å². The number of halogens is 1. The number of hydrogen-bond donors (Lipinski definition) is 0. The molecule has 0 spiro atoms. The zero-order valence-electron chi connectivity index (χ0n) is 15.0. The van der Waals surface area contributed by atoms with Crippen molar-refractivity contribution < 1.29 is 4.39 Å². The fraction of sp³-hybridized carbons (Fsp3) is 0.435. The molecule has 0 unspecified atom stereocenters. The summed E-state index contributed by atoms with van der Waals surface area (Å²) in [6, 6.07) is 17.5. The van der Waals surface area contributed by atoms with Gasteiger partial charge in [0.25, 0.3) is 0 Å². The van der Waals surface area contributed by atoms with Crippen molar-refractivity contribution in [2.75, 3.05) is 0 Å². The number of rotatable bonds is 5. The molecule has 0 aliphatic heterocycles. The second-order valence-electron chi connectivity index (χ2n) is 7.32. The van der Waals surface area contributed by atoms with Crippen LogP contribution in [-0.2, 0) is 5.67 Å². The quantitative estimate of drug-likeness (QED) is 0.591. The predicted molar refractivity (Wildman–Crippen MR) is 101 cm³/mol. The Morgan fingerprint density at radius 3 is 2.08 bits per heavy atom. The molecular formula is C23H26FN. The SMILES string of the molecule is CCCCC1CCC(F)(c2ccc(-c3ccc(C#N)cc3)cc2)CC1. The zero-order valence-corrected chi connectivity index (χ0v) is 15.0. The molecule has 3 rings (SSSR count). The Morgan fingerprint density at radius 2 is 1.56 bits per heavy atom. The Hall–Kier alpha value is -2.14. The van der Waals surface area contributed by atoms with Crippen molar-refractivity contribution in [2.24, 2.45) is 5.92 Å². The van der Waals surface area contributed by atoms with E-state index in [-0.39, 0.29) is 0 Å². The van der Waals surface area contributed by atoms with Gasteiger partial charge >= 0.3 is 0 Å². The van der Waals surface area contributed by atoms with Gasteiger partial charge in [0.2, 0.25) is 0 Å². The molecule has 0 saturated heterocycles. The number of unbranched alkanes of at least 4 members (excludes halogenated alkanes) is 1. The van der Waals surface area contributed by atoms with Crippen molar-refractivity contribution in [3.8, 4) is 17.2 Å². The lowest BCUT2D eigenvalue weighted by Gasteiger charge is -2.34. The molecule has 2 aromatic carbocycles. The third-order valence-electron chi connectivity index (χ3n) is 5.61. The van der Waals surface area contributed by atoms with Gasteiger partial charge in [-0.2, -0.15) is 5.26 Å². The number of alkyl halides is 1. The normalized spacial score (nSPS) is 23.2. The van der Waals surface area contributed by atoms with Crippen LogP contribution in [0.4, 0.5) is 4.39 Å². The average Bonchev–Trinajstić information content (AvgIpc) is 2.68. The van der Waals surface area contributed by atoms with E-state index in [0.717, 1.165) is 29.5 Å². The summed E-state index contributed by atoms with van der Waals surface area (Å²) in [5, 5.41) is 8.88. The van der Waals surface area contributed by atoms with E-state index < -0.39 is 5.67 Å². The third kappa shape index (κ3) is 4.10. The minimum Gasteiger partial charge on any atom is -0.239 e. The molecule has 0 radical (unpaired) electrons. The Morgan fingerprint density at radius 1 is 1.00 bits per heavy atom. The Labute approximate surface area is 150 Å². The lowest BCUT2D eigenvalue weighted by molar-refractivity contribution is 0.0789. The number of nitriles is 1. The van der Waals surface area contributed by atoms with E-state index in [4.69, 9.17) is 5.26 Å². The van der Waals surface area contributed by atoms with Gasteiger partial charge in [-0.1, -0.05) is 62.6 Å². The predicted octanol–water partition coefficient (Wildman–Crippen LogP) is 6.77. The molecule has 0 heterocycles. The highest BCUT2D eigenvalue weighted by Crippen LogP contribution is 2.44. The molecule has 1 saturated carbocycles. The van der Waals surface area contributed by atoms with Crippen LogP contribution in [-0.4, -0.2) is 0 Å². The average molecular weight is 335 g/mol. The summed E-state index contributed by atoms with van der Waals surface area (Å²) >= 11 is 0. The summed E-state index contributed by atoms with van der Waals surface area (Å²) < 4.78 is 15.4. The van der Waals surface area contributed by atoms with E-state index >= 15 is 4.39 Å². The van der Waals surface area contributed by atoms with E-state index in [9.17, 15) is 0 Å². The van der Waals surface area contributed by atoms with Crippen molar-refractivity contribution in [1.29, 1.82) is 5.26 Å². The summed E-state index contributed by atoms with van der Waals surface area (Å²) in [7, 11) is 0. The van der Waals surface area contributed by atoms with Gasteiger partial charge in [0.1, 0.15) is 5.67 Å². The zero-order chi connectivity index (χ0) is 17.7. The molecule has 1 nitrogen and oxygen atoms in total. The van der Waals surface area contributed by atoms with Crippen LogP contribution in [0.15, 0.2) is 48.5 Å². The first-order valence-electron chi connectivity index (χ1n) is 9.44. The van der Waals surface area contributed by atoms with Crippen molar-refractivity contribution in [2.45, 2.75) is 57.5 Å². The lowest BCUT2D eigenvalue weighted by atomic mass is 9.75. The van der Waals surface area contributed by atoms with Crippen LogP contribution in [0.25, 0.3) is 11.1 Å². The maximum atomic E-state index is 15.4. The Bertz CT molecular complexity index is 716. The van der Waals surface area contributed by atoms with Crippen molar-refractivity contribution >= 4 is 0 Å². The minimum atomic E-state index is -1.16. The van der Waals surface area contributed by atoms with Crippen molar-refractivity contribution in [1.82, 2.24) is 0 Å². The summed E-state index contributed by atoms with van der Waals surface area (Å²) in [6.07, 6.45) is 7.07. The maximum Gasteiger partial charge on any atom is 0.136 e. The highest BCUT2D eigenvalue weighted by molar-refractivity contribution is 5.64. The Kier molecular flexibility index (Phi) is 5.53. The summed E-state index contributed by atoms with van der Waals surface area (Å²) in [4.78, 5) is 0. The molecule has 2 heteroatoms. The van der Waals surface area contributed by atoms with Crippen LogP contribution in [0.3, 0.4) is 0 Å². The summed E-state index contributed by atoms with van der Waals surface area (Å²) in [5.74, 6) is 0.710. The highest BCUT2D eigenvalue weighted by Gasteiger charge is 2.36. The second kappa shape index (κ2) is 7.83. The highest BCUT2D eigenvalue weighted by atomic mass is 19.1. The van der Waals surface area contributed by atoms with Crippen LogP contribution in [0, 0.1) is 17.2 Å². The third-order valence-corrected chi connectivity index (χ3v) is 5.61. The van der Waals surface area contributed by atoms with E-state index in [2.05, 4.69) is 13.0 Å². The van der Waals surface area contributed by atoms with E-state index in [0.29, 0.717) is 24.3 Å². The van der Waals surface area contributed by atoms with Gasteiger partial charge in [0, 0.05) is 0 Å². The molecule has 1 fully saturated rings. The van der Waals surface area contributed by atoms with Gasteiger partial charge in [-0.3, -0.25) is 0 Å². The number of nitrogens with zero attached hydrogens (tertiary/aromatic N) is 1. The molecule has 1 aliphatic rings. The molecule has 0 atom stereocenters. The van der Waals surface area contributed by atoms with Crippen LogP contribution >= 0.6 is 0 Å². The minimum absolute atomic E-state index is 0.650. The van der Waals surface area contributed by atoms with Gasteiger partial charge in [0.15, 0.2) is 0 Å². The largest absolute Gasteiger partial charge is 0.239 e. The van der Waals surface area contributed by atoms with Crippen molar-refractivity contribution in [3.63, 3.8) is 0 Å². The van der Waals surface area contributed by atoms with Gasteiger partial charge < -0.3 is 0 Å². The van der Waals surface area contributed by atoms with E-state index in [1.165, 1.54) is 19.3 Å². The molecule has 1 aliphatic carbocycles. The maximum absolute atomic E-state index is 15.4. The first kappa shape index (κ1) is 17.7. The van der Waals surface area contributed by atoms with E-state index in [1.807, 2.05) is 48.5 Å². The molecular weight excluding hydrogens is 309 g/mol. The Balaban J connectivity index is 1.68. The molecule has 0 N–H and O–H groups in total. The van der Waals surface area contributed by atoms with Crippen molar-refractivity contribution in [3.05, 3.63) is 59.7 Å². The van der Waals surface area contributed by atoms with Gasteiger partial charge in [-0.25, -0.2) is 4.39 Å². The van der Waals surface area contributed by atoms with Crippen LogP contribution < -0.4 is 0 Å². The monoisotopic (exact) mass is 335 g/mol. The molecule has 25 heavy (non-hydrogen) atoms. The first-order valence-corrected chi connectivity index (χ1v) is 9.44. The summed E-state index contributed by atoms with van der Waals surface area (Å²) in [5.41, 5.74) is 2.43. The number of hydrogen-bond acceptors (Lipinski definition) is 1. The van der Waals surface area contributed by atoms with E-state index in [1.54, 1.807) is 0 Å². The number of benzene rings is 2. The smallest absolute Gasteiger partial charge is 0.136 e. The lowest BCUT2D eigenvalue weighted by Crippen LogP contribution is -2.27. The van der Waals surface area contributed by atoms with Gasteiger partial charge in [-0.05, 0) is 60.4 Å².